The third-order valence-electron chi connectivity index (χ3n) is 9.05. The number of piperidine rings is 1. The van der Waals surface area contributed by atoms with Crippen LogP contribution in [0.3, 0.4) is 0 Å². The molecule has 0 aliphatic carbocycles. The van der Waals surface area contributed by atoms with Crippen LogP contribution in [0, 0.1) is 11.8 Å². The molecule has 7 nitrogen and oxygen atoms in total. The number of hydrogen-bond donors (Lipinski definition) is 1. The number of unbranched alkanes of at least 4 members (excludes halogenated alkanes) is 15. The van der Waals surface area contributed by atoms with Crippen LogP contribution in [-0.2, 0) is 4.74 Å². The monoisotopic (exact) mass is 623 g/mol. The predicted octanol–water partition coefficient (Wildman–Crippen LogP) is 9.62. The summed E-state index contributed by atoms with van der Waals surface area (Å²) in [4.78, 5) is 31.8. The van der Waals surface area contributed by atoms with E-state index in [1.165, 1.54) is 96.3 Å². The Kier molecular flexibility index (Phi) is 24.6. The lowest BCUT2D eigenvalue weighted by molar-refractivity contribution is 0.0913. The van der Waals surface area contributed by atoms with Gasteiger partial charge in [-0.3, -0.25) is 0 Å². The van der Waals surface area contributed by atoms with E-state index in [1.54, 1.807) is 0 Å². The molecule has 1 aliphatic rings. The number of hydrogen-bond acceptors (Lipinski definition) is 4. The molecular weight excluding hydrogens is 548 g/mol. The minimum absolute atomic E-state index is 0.117. The zero-order chi connectivity index (χ0) is 32.4. The second-order valence-corrected chi connectivity index (χ2v) is 14.4. The van der Waals surface area contributed by atoms with Gasteiger partial charge in [0.05, 0.1) is 6.61 Å². The van der Waals surface area contributed by atoms with Crippen LogP contribution in [0.2, 0.25) is 0 Å². The Morgan fingerprint density at radius 1 is 0.727 bits per heavy atom. The second-order valence-electron chi connectivity index (χ2n) is 14.4. The molecule has 0 bridgehead atoms. The average molecular weight is 623 g/mol. The van der Waals surface area contributed by atoms with Crippen molar-refractivity contribution < 1.29 is 14.3 Å². The number of urea groups is 1. The van der Waals surface area contributed by atoms with Crippen molar-refractivity contribution in [3.63, 3.8) is 0 Å². The zero-order valence-electron chi connectivity index (χ0n) is 30.0. The Morgan fingerprint density at radius 2 is 1.23 bits per heavy atom. The van der Waals surface area contributed by atoms with Crippen molar-refractivity contribution in [1.29, 1.82) is 0 Å². The molecule has 0 radical (unpaired) electrons. The number of likely N-dealkylation sites (tertiary alicyclic amines) is 1. The lowest BCUT2D eigenvalue weighted by Crippen LogP contribution is -2.52. The largest absolute Gasteiger partial charge is 0.450 e. The summed E-state index contributed by atoms with van der Waals surface area (Å²) in [6.45, 7) is 17.1. The maximum absolute atomic E-state index is 14.0. The van der Waals surface area contributed by atoms with Gasteiger partial charge in [-0.2, -0.15) is 0 Å². The summed E-state index contributed by atoms with van der Waals surface area (Å²) in [7, 11) is 0. The van der Waals surface area contributed by atoms with Crippen molar-refractivity contribution in [2.75, 3.05) is 45.9 Å². The van der Waals surface area contributed by atoms with Crippen molar-refractivity contribution in [1.82, 2.24) is 14.7 Å². The molecule has 1 saturated heterocycles. The molecule has 44 heavy (non-hydrogen) atoms. The highest BCUT2D eigenvalue weighted by molar-refractivity contribution is 5.75. The maximum atomic E-state index is 14.0. The van der Waals surface area contributed by atoms with Gasteiger partial charge in [0.2, 0.25) is 0 Å². The fourth-order valence-corrected chi connectivity index (χ4v) is 6.74. The molecule has 1 rings (SSSR count). The van der Waals surface area contributed by atoms with Crippen LogP contribution in [0.25, 0.3) is 0 Å². The van der Waals surface area contributed by atoms with Gasteiger partial charge in [-0.1, -0.05) is 131 Å². The fourth-order valence-electron chi connectivity index (χ4n) is 6.74. The molecule has 1 atom stereocenters. The van der Waals surface area contributed by atoms with Gasteiger partial charge in [0.1, 0.15) is 0 Å². The molecular formula is C37H74N4O3. The summed E-state index contributed by atoms with van der Waals surface area (Å²) >= 11 is 0. The number of carbonyl (C=O) groups excluding carboxylic acids is 2. The number of primary amides is 1. The summed E-state index contributed by atoms with van der Waals surface area (Å²) in [6, 6.07) is 0.287. The maximum Gasteiger partial charge on any atom is 0.404 e. The number of carbonyl (C=O) groups is 2. The quantitative estimate of drug-likeness (QED) is 0.0925. The van der Waals surface area contributed by atoms with Gasteiger partial charge in [-0.05, 0) is 37.5 Å². The van der Waals surface area contributed by atoms with Gasteiger partial charge < -0.3 is 25.2 Å². The summed E-state index contributed by atoms with van der Waals surface area (Å²) in [5, 5.41) is 0. The minimum Gasteiger partial charge on any atom is -0.450 e. The van der Waals surface area contributed by atoms with E-state index in [1.807, 2.05) is 0 Å². The standard InChI is InChI=1S/C37H74N4O3/c1-6-7-8-9-10-11-12-13-14-15-16-17-18-19-20-22-26-40(29-28-39(31-33(2)3)32-34(4)5)37(43)41-27-23-21-24-35(41)25-30-44-36(38)42/h33-35H,6-32H2,1-5H3,(H2,38,42). The first-order chi connectivity index (χ1) is 21.2. The van der Waals surface area contributed by atoms with Crippen molar-refractivity contribution in [2.45, 2.75) is 169 Å². The molecule has 1 aliphatic heterocycles. The molecule has 2 N–H and O–H groups in total. The van der Waals surface area contributed by atoms with E-state index in [0.717, 1.165) is 65.0 Å². The van der Waals surface area contributed by atoms with Crippen LogP contribution in [-0.4, -0.2) is 78.7 Å². The first-order valence-electron chi connectivity index (χ1n) is 18.9. The van der Waals surface area contributed by atoms with Crippen LogP contribution in [0.1, 0.15) is 163 Å². The van der Waals surface area contributed by atoms with Crippen LogP contribution in [0.4, 0.5) is 9.59 Å². The van der Waals surface area contributed by atoms with E-state index < -0.39 is 6.09 Å². The van der Waals surface area contributed by atoms with Crippen molar-refractivity contribution >= 4 is 12.1 Å². The Morgan fingerprint density at radius 3 is 1.70 bits per heavy atom. The summed E-state index contributed by atoms with van der Waals surface area (Å²) in [6.07, 6.45) is 24.7. The van der Waals surface area contributed by atoms with Gasteiger partial charge in [-0.15, -0.1) is 0 Å². The Bertz CT molecular complexity index is 692. The number of nitrogens with two attached hydrogens (primary N) is 1. The molecule has 0 aromatic heterocycles. The highest BCUT2D eigenvalue weighted by atomic mass is 16.5. The fraction of sp³-hybridized carbons (Fsp3) is 0.946. The van der Waals surface area contributed by atoms with Gasteiger partial charge in [-0.25, -0.2) is 9.59 Å². The lowest BCUT2D eigenvalue weighted by Gasteiger charge is -2.40. The molecule has 0 saturated carbocycles. The molecule has 1 heterocycles. The number of rotatable bonds is 27. The van der Waals surface area contributed by atoms with Crippen LogP contribution >= 0.6 is 0 Å². The third kappa shape index (κ3) is 21.3. The molecule has 0 spiro atoms. The van der Waals surface area contributed by atoms with E-state index in [0.29, 0.717) is 18.3 Å². The average Bonchev–Trinajstić information content (AvgIpc) is 2.97. The summed E-state index contributed by atoms with van der Waals surface area (Å²) in [5.74, 6) is 1.21. The van der Waals surface area contributed by atoms with Crippen molar-refractivity contribution in [3.05, 3.63) is 0 Å². The van der Waals surface area contributed by atoms with Crippen LogP contribution < -0.4 is 5.73 Å². The van der Waals surface area contributed by atoms with Crippen molar-refractivity contribution in [2.24, 2.45) is 17.6 Å². The highest BCUT2D eigenvalue weighted by Gasteiger charge is 2.30. The Hall–Kier alpha value is -1.50. The Balaban J connectivity index is 2.48. The minimum atomic E-state index is -0.737. The molecule has 0 aromatic carbocycles. The van der Waals surface area contributed by atoms with E-state index in [4.69, 9.17) is 10.5 Å². The summed E-state index contributed by atoms with van der Waals surface area (Å²) in [5.41, 5.74) is 5.18. The van der Waals surface area contributed by atoms with Gasteiger partial charge >= 0.3 is 12.1 Å². The van der Waals surface area contributed by atoms with Crippen LogP contribution in [0.5, 0.6) is 0 Å². The lowest BCUT2D eigenvalue weighted by atomic mass is 10.00. The first kappa shape index (κ1) is 40.5. The third-order valence-corrected chi connectivity index (χ3v) is 9.05. The Labute approximate surface area is 273 Å². The predicted molar refractivity (Wildman–Crippen MR) is 187 cm³/mol. The van der Waals surface area contributed by atoms with Gasteiger partial charge in [0.25, 0.3) is 0 Å². The second kappa shape index (κ2) is 26.7. The van der Waals surface area contributed by atoms with E-state index >= 15 is 0 Å². The summed E-state index contributed by atoms with van der Waals surface area (Å²) < 4.78 is 5.03. The van der Waals surface area contributed by atoms with E-state index in [2.05, 4.69) is 49.3 Å². The van der Waals surface area contributed by atoms with Gasteiger partial charge in [0.15, 0.2) is 0 Å². The first-order valence-corrected chi connectivity index (χ1v) is 18.9. The molecule has 7 heteroatoms. The molecule has 260 valence electrons. The number of ether oxygens (including phenoxy) is 1. The molecule has 1 unspecified atom stereocenters. The van der Waals surface area contributed by atoms with Crippen LogP contribution in [0.15, 0.2) is 0 Å². The SMILES string of the molecule is CCCCCCCCCCCCCCCCCCN(CCN(CC(C)C)CC(C)C)C(=O)N1CCCCC1CCOC(N)=O. The van der Waals surface area contributed by atoms with E-state index in [9.17, 15) is 9.59 Å². The molecule has 0 aromatic rings. The van der Waals surface area contributed by atoms with Gasteiger partial charge in [0, 0.05) is 51.7 Å². The zero-order valence-corrected chi connectivity index (χ0v) is 30.0. The molecule has 1 fully saturated rings. The van der Waals surface area contributed by atoms with Crippen molar-refractivity contribution in [3.8, 4) is 0 Å². The number of nitrogens with zero attached hydrogens (tertiary/aromatic N) is 3. The van der Waals surface area contributed by atoms with E-state index in [-0.39, 0.29) is 18.7 Å². The normalized spacial score (nSPS) is 15.5. The highest BCUT2D eigenvalue weighted by Crippen LogP contribution is 2.22. The molecule has 3 amide bonds. The number of amides is 3. The topological polar surface area (TPSA) is 79.1 Å². The smallest absolute Gasteiger partial charge is 0.404 e.